The standard InChI is InChI=1S/C24H25BrN2O4/c1-14-12-17-13-16(6-9-19(17)31-14)22(28)20-21(15-4-7-18(25)8-5-15)27(11-10-26(2)3)24(30)23(20)29/h4-9,13-14,21,28H,10-12H2,1-3H3/b22-20+. The van der Waals surface area contributed by atoms with Crippen molar-refractivity contribution in [2.75, 3.05) is 27.2 Å². The summed E-state index contributed by atoms with van der Waals surface area (Å²) in [4.78, 5) is 29.5. The van der Waals surface area contributed by atoms with Gasteiger partial charge in [-0.1, -0.05) is 28.1 Å². The van der Waals surface area contributed by atoms with Gasteiger partial charge < -0.3 is 19.6 Å². The maximum absolute atomic E-state index is 13.1. The fourth-order valence-electron chi connectivity index (χ4n) is 4.13. The highest BCUT2D eigenvalue weighted by Gasteiger charge is 2.46. The van der Waals surface area contributed by atoms with Crippen molar-refractivity contribution in [3.05, 3.63) is 69.2 Å². The van der Waals surface area contributed by atoms with E-state index in [9.17, 15) is 14.7 Å². The van der Waals surface area contributed by atoms with Crippen molar-refractivity contribution in [3.8, 4) is 5.75 Å². The lowest BCUT2D eigenvalue weighted by atomic mass is 9.94. The fourth-order valence-corrected chi connectivity index (χ4v) is 4.40. The summed E-state index contributed by atoms with van der Waals surface area (Å²) in [6.07, 6.45) is 0.816. The van der Waals surface area contributed by atoms with Crippen molar-refractivity contribution in [2.24, 2.45) is 0 Å². The van der Waals surface area contributed by atoms with E-state index in [2.05, 4.69) is 15.9 Å². The Labute approximate surface area is 190 Å². The highest BCUT2D eigenvalue weighted by molar-refractivity contribution is 9.10. The molecule has 2 aromatic rings. The molecule has 2 aliphatic rings. The van der Waals surface area contributed by atoms with Crippen LogP contribution < -0.4 is 4.74 Å². The number of benzene rings is 2. The number of ketones is 1. The first-order valence-corrected chi connectivity index (χ1v) is 11.0. The molecule has 1 N–H and O–H groups in total. The van der Waals surface area contributed by atoms with Gasteiger partial charge in [-0.3, -0.25) is 9.59 Å². The van der Waals surface area contributed by atoms with Gasteiger partial charge in [-0.15, -0.1) is 0 Å². The minimum Gasteiger partial charge on any atom is -0.507 e. The van der Waals surface area contributed by atoms with Crippen LogP contribution in [-0.4, -0.2) is 59.9 Å². The third-order valence-corrected chi connectivity index (χ3v) is 6.21. The van der Waals surface area contributed by atoms with Crippen LogP contribution in [0.3, 0.4) is 0 Å². The summed E-state index contributed by atoms with van der Waals surface area (Å²) in [6.45, 7) is 2.97. The highest BCUT2D eigenvalue weighted by atomic mass is 79.9. The Hall–Kier alpha value is -2.64. The summed E-state index contributed by atoms with van der Waals surface area (Å²) in [5.41, 5.74) is 2.40. The number of likely N-dealkylation sites (N-methyl/N-ethyl adjacent to an activating group) is 1. The van der Waals surface area contributed by atoms with Gasteiger partial charge in [-0.25, -0.2) is 0 Å². The van der Waals surface area contributed by atoms with E-state index in [1.807, 2.05) is 62.3 Å². The number of fused-ring (bicyclic) bond motifs is 1. The molecule has 2 aliphatic heterocycles. The normalized spacial score (nSPS) is 22.2. The number of nitrogens with zero attached hydrogens (tertiary/aromatic N) is 2. The van der Waals surface area contributed by atoms with Crippen molar-refractivity contribution in [1.82, 2.24) is 9.80 Å². The van der Waals surface area contributed by atoms with Crippen LogP contribution in [-0.2, 0) is 16.0 Å². The molecule has 0 bridgehead atoms. The first kappa shape index (κ1) is 21.6. The first-order chi connectivity index (χ1) is 14.8. The van der Waals surface area contributed by atoms with Gasteiger partial charge in [-0.05, 0) is 62.5 Å². The largest absolute Gasteiger partial charge is 0.507 e. The van der Waals surface area contributed by atoms with Gasteiger partial charge in [0.25, 0.3) is 11.7 Å². The van der Waals surface area contributed by atoms with Crippen LogP contribution in [0.5, 0.6) is 5.75 Å². The molecule has 1 amide bonds. The van der Waals surface area contributed by atoms with E-state index in [1.54, 1.807) is 11.0 Å². The zero-order chi connectivity index (χ0) is 22.3. The maximum Gasteiger partial charge on any atom is 0.295 e. The SMILES string of the molecule is CC1Cc2cc(/C(O)=C3\C(=O)C(=O)N(CCN(C)C)C3c3ccc(Br)cc3)ccc2O1. The predicted octanol–water partition coefficient (Wildman–Crippen LogP) is 3.76. The van der Waals surface area contributed by atoms with Crippen LogP contribution in [0.1, 0.15) is 29.7 Å². The van der Waals surface area contributed by atoms with Crippen molar-refractivity contribution in [1.29, 1.82) is 0 Å². The summed E-state index contributed by atoms with van der Waals surface area (Å²) >= 11 is 3.43. The molecular weight excluding hydrogens is 460 g/mol. The molecule has 0 aliphatic carbocycles. The van der Waals surface area contributed by atoms with Gasteiger partial charge >= 0.3 is 0 Å². The average molecular weight is 485 g/mol. The van der Waals surface area contributed by atoms with Gasteiger partial charge in [0, 0.05) is 29.5 Å². The quantitative estimate of drug-likeness (QED) is 0.397. The van der Waals surface area contributed by atoms with Gasteiger partial charge in [-0.2, -0.15) is 0 Å². The molecule has 0 saturated carbocycles. The van der Waals surface area contributed by atoms with Crippen LogP contribution >= 0.6 is 15.9 Å². The van der Waals surface area contributed by atoms with Crippen molar-refractivity contribution in [2.45, 2.75) is 25.5 Å². The molecule has 2 unspecified atom stereocenters. The van der Waals surface area contributed by atoms with Crippen LogP contribution in [0.2, 0.25) is 0 Å². The van der Waals surface area contributed by atoms with E-state index in [0.29, 0.717) is 18.7 Å². The molecule has 2 aromatic carbocycles. The van der Waals surface area contributed by atoms with Gasteiger partial charge in [0.2, 0.25) is 0 Å². The number of carbonyl (C=O) groups is 2. The number of hydrogen-bond acceptors (Lipinski definition) is 5. The lowest BCUT2D eigenvalue weighted by molar-refractivity contribution is -0.140. The Balaban J connectivity index is 1.81. The third-order valence-electron chi connectivity index (χ3n) is 5.68. The Morgan fingerprint density at radius 1 is 1.19 bits per heavy atom. The smallest absolute Gasteiger partial charge is 0.295 e. The van der Waals surface area contributed by atoms with Gasteiger partial charge in [0.1, 0.15) is 17.6 Å². The van der Waals surface area contributed by atoms with Gasteiger partial charge in [0.15, 0.2) is 0 Å². The lowest BCUT2D eigenvalue weighted by Crippen LogP contribution is -2.35. The number of aliphatic hydroxyl groups excluding tert-OH is 1. The van der Waals surface area contributed by atoms with E-state index < -0.39 is 17.7 Å². The van der Waals surface area contributed by atoms with Crippen molar-refractivity contribution >= 4 is 33.4 Å². The Kier molecular flexibility index (Phi) is 5.90. The van der Waals surface area contributed by atoms with E-state index in [1.165, 1.54) is 0 Å². The maximum atomic E-state index is 13.1. The third kappa shape index (κ3) is 4.12. The Bertz CT molecular complexity index is 1060. The zero-order valence-corrected chi connectivity index (χ0v) is 19.3. The summed E-state index contributed by atoms with van der Waals surface area (Å²) in [7, 11) is 3.83. The van der Waals surface area contributed by atoms with Crippen LogP contribution in [0.4, 0.5) is 0 Å². The number of likely N-dealkylation sites (tertiary alicyclic amines) is 1. The second-order valence-electron chi connectivity index (χ2n) is 8.30. The fraction of sp³-hybridized carbons (Fsp3) is 0.333. The molecule has 31 heavy (non-hydrogen) atoms. The average Bonchev–Trinajstić information content (AvgIpc) is 3.22. The number of hydrogen-bond donors (Lipinski definition) is 1. The van der Waals surface area contributed by atoms with E-state index in [-0.39, 0.29) is 17.4 Å². The molecule has 162 valence electrons. The molecule has 4 rings (SSSR count). The number of aliphatic hydroxyl groups is 1. The van der Waals surface area contributed by atoms with Gasteiger partial charge in [0.05, 0.1) is 11.6 Å². The second kappa shape index (κ2) is 8.48. The Morgan fingerprint density at radius 3 is 2.58 bits per heavy atom. The summed E-state index contributed by atoms with van der Waals surface area (Å²) in [5, 5.41) is 11.2. The second-order valence-corrected chi connectivity index (χ2v) is 9.22. The van der Waals surface area contributed by atoms with E-state index in [0.717, 1.165) is 27.8 Å². The zero-order valence-electron chi connectivity index (χ0n) is 17.8. The molecule has 7 heteroatoms. The van der Waals surface area contributed by atoms with Crippen LogP contribution in [0.25, 0.3) is 5.76 Å². The molecule has 2 atom stereocenters. The summed E-state index contributed by atoms with van der Waals surface area (Å²) < 4.78 is 6.64. The molecule has 0 aromatic heterocycles. The van der Waals surface area contributed by atoms with Crippen LogP contribution in [0, 0.1) is 0 Å². The van der Waals surface area contributed by atoms with Crippen molar-refractivity contribution < 1.29 is 19.4 Å². The number of carbonyl (C=O) groups excluding carboxylic acids is 2. The summed E-state index contributed by atoms with van der Waals surface area (Å²) in [6, 6.07) is 12.2. The minimum atomic E-state index is -0.658. The molecule has 1 saturated heterocycles. The Morgan fingerprint density at radius 2 is 1.90 bits per heavy atom. The molecular formula is C24H25BrN2O4. The molecule has 6 nitrogen and oxygen atoms in total. The van der Waals surface area contributed by atoms with Crippen molar-refractivity contribution in [3.63, 3.8) is 0 Å². The number of amides is 1. The molecule has 2 heterocycles. The number of halogens is 1. The number of rotatable bonds is 5. The predicted molar refractivity (Wildman–Crippen MR) is 122 cm³/mol. The van der Waals surface area contributed by atoms with E-state index in [4.69, 9.17) is 4.74 Å². The lowest BCUT2D eigenvalue weighted by Gasteiger charge is -2.26. The highest BCUT2D eigenvalue weighted by Crippen LogP contribution is 2.40. The monoisotopic (exact) mass is 484 g/mol. The molecule has 0 radical (unpaired) electrons. The van der Waals surface area contributed by atoms with E-state index >= 15 is 0 Å². The molecule has 0 spiro atoms. The number of ether oxygens (including phenoxy) is 1. The first-order valence-electron chi connectivity index (χ1n) is 10.2. The number of Topliss-reactive ketones (excluding diaryl/α,β-unsaturated/α-hetero) is 1. The minimum absolute atomic E-state index is 0.0757. The summed E-state index contributed by atoms with van der Waals surface area (Å²) in [5.74, 6) is -0.607. The topological polar surface area (TPSA) is 70.1 Å². The van der Waals surface area contributed by atoms with Crippen LogP contribution in [0.15, 0.2) is 52.5 Å². The molecule has 1 fully saturated rings.